The van der Waals surface area contributed by atoms with Crippen molar-refractivity contribution in [2.24, 2.45) is 17.8 Å². The van der Waals surface area contributed by atoms with E-state index in [0.29, 0.717) is 12.1 Å². The summed E-state index contributed by atoms with van der Waals surface area (Å²) in [6, 6.07) is 5.77. The summed E-state index contributed by atoms with van der Waals surface area (Å²) in [5.41, 5.74) is 2.98. The summed E-state index contributed by atoms with van der Waals surface area (Å²) in [5, 5.41) is 0. The molecule has 1 fully saturated rings. The lowest BCUT2D eigenvalue weighted by Crippen LogP contribution is -2.31. The van der Waals surface area contributed by atoms with Crippen molar-refractivity contribution >= 4 is 17.5 Å². The Morgan fingerprint density at radius 2 is 1.85 bits per heavy atom. The molecule has 1 heterocycles. The highest BCUT2D eigenvalue weighted by molar-refractivity contribution is 6.22. The van der Waals surface area contributed by atoms with Crippen LogP contribution in [0, 0.1) is 31.6 Å². The molecule has 104 valence electrons. The van der Waals surface area contributed by atoms with Crippen LogP contribution in [-0.4, -0.2) is 11.8 Å². The number of amides is 2. The van der Waals surface area contributed by atoms with E-state index in [0.717, 1.165) is 5.56 Å². The molecular weight excluding hydrogens is 250 g/mol. The van der Waals surface area contributed by atoms with Gasteiger partial charge >= 0.3 is 0 Å². The number of rotatable bonds is 1. The van der Waals surface area contributed by atoms with Gasteiger partial charge in [0.2, 0.25) is 11.8 Å². The maximum Gasteiger partial charge on any atom is 0.238 e. The number of carbonyl (C=O) groups is 2. The van der Waals surface area contributed by atoms with E-state index in [9.17, 15) is 9.59 Å². The number of imide groups is 1. The summed E-state index contributed by atoms with van der Waals surface area (Å²) >= 11 is 0. The fraction of sp³-hybridized carbons (Fsp3) is 0.412. The molecule has 1 saturated heterocycles. The lowest BCUT2D eigenvalue weighted by molar-refractivity contribution is -0.122. The van der Waals surface area contributed by atoms with Crippen molar-refractivity contribution in [2.75, 3.05) is 4.90 Å². The molecule has 1 aromatic carbocycles. The van der Waals surface area contributed by atoms with Gasteiger partial charge in [0.25, 0.3) is 0 Å². The predicted molar refractivity (Wildman–Crippen MR) is 78.3 cm³/mol. The Hall–Kier alpha value is -1.90. The van der Waals surface area contributed by atoms with Crippen molar-refractivity contribution in [2.45, 2.75) is 27.2 Å². The van der Waals surface area contributed by atoms with Crippen LogP contribution in [-0.2, 0) is 9.59 Å². The molecule has 1 aromatic rings. The van der Waals surface area contributed by atoms with Crippen molar-refractivity contribution in [3.63, 3.8) is 0 Å². The second-order valence-corrected chi connectivity index (χ2v) is 5.94. The summed E-state index contributed by atoms with van der Waals surface area (Å²) in [4.78, 5) is 26.6. The molecule has 0 unspecified atom stereocenters. The fourth-order valence-corrected chi connectivity index (χ4v) is 3.27. The van der Waals surface area contributed by atoms with Gasteiger partial charge in [0, 0.05) is 0 Å². The van der Waals surface area contributed by atoms with Gasteiger partial charge in [-0.25, -0.2) is 0 Å². The Labute approximate surface area is 119 Å². The minimum Gasteiger partial charge on any atom is -0.274 e. The number of anilines is 1. The van der Waals surface area contributed by atoms with Crippen LogP contribution in [0.15, 0.2) is 30.4 Å². The summed E-state index contributed by atoms with van der Waals surface area (Å²) < 4.78 is 0. The Morgan fingerprint density at radius 1 is 1.10 bits per heavy atom. The van der Waals surface area contributed by atoms with Crippen molar-refractivity contribution in [1.29, 1.82) is 0 Å². The average Bonchev–Trinajstić information content (AvgIpc) is 2.67. The molecule has 0 radical (unpaired) electrons. The summed E-state index contributed by atoms with van der Waals surface area (Å²) in [5.74, 6) is -0.306. The first-order valence-corrected chi connectivity index (χ1v) is 7.12. The highest BCUT2D eigenvalue weighted by Crippen LogP contribution is 2.40. The molecule has 0 aromatic heterocycles. The maximum absolute atomic E-state index is 12.6. The third kappa shape index (κ3) is 1.80. The molecule has 0 spiro atoms. The number of aryl methyl sites for hydroxylation is 2. The summed E-state index contributed by atoms with van der Waals surface area (Å²) in [6.07, 6.45) is 4.76. The molecule has 1 aliphatic heterocycles. The Morgan fingerprint density at radius 3 is 2.50 bits per heavy atom. The lowest BCUT2D eigenvalue weighted by Gasteiger charge is -2.22. The van der Waals surface area contributed by atoms with Gasteiger partial charge in [-0.2, -0.15) is 0 Å². The number of nitrogens with zero attached hydrogens (tertiary/aromatic N) is 1. The van der Waals surface area contributed by atoms with Crippen molar-refractivity contribution < 1.29 is 9.59 Å². The molecule has 20 heavy (non-hydrogen) atoms. The van der Waals surface area contributed by atoms with Gasteiger partial charge in [-0.05, 0) is 49.4 Å². The molecule has 0 N–H and O–H groups in total. The van der Waals surface area contributed by atoms with Crippen LogP contribution in [0.1, 0.15) is 24.5 Å². The van der Waals surface area contributed by atoms with Gasteiger partial charge in [-0.1, -0.05) is 25.1 Å². The van der Waals surface area contributed by atoms with Crippen LogP contribution in [0.5, 0.6) is 0 Å². The molecule has 3 heteroatoms. The third-order valence-corrected chi connectivity index (χ3v) is 4.62. The van der Waals surface area contributed by atoms with Gasteiger partial charge in [0.1, 0.15) is 0 Å². The number of hydrogen-bond acceptors (Lipinski definition) is 2. The Bertz CT molecular complexity index is 617. The Kier molecular flexibility index (Phi) is 3.00. The second-order valence-electron chi connectivity index (χ2n) is 5.94. The molecule has 3 atom stereocenters. The second kappa shape index (κ2) is 4.58. The molecule has 2 amide bonds. The van der Waals surface area contributed by atoms with Crippen LogP contribution < -0.4 is 4.90 Å². The molecule has 0 bridgehead atoms. The van der Waals surface area contributed by atoms with E-state index >= 15 is 0 Å². The minimum atomic E-state index is -0.186. The molecule has 1 aliphatic carbocycles. The van der Waals surface area contributed by atoms with Gasteiger partial charge in [0.15, 0.2) is 0 Å². The Balaban J connectivity index is 2.01. The number of hydrogen-bond donors (Lipinski definition) is 0. The lowest BCUT2D eigenvalue weighted by atomic mass is 9.78. The number of carbonyl (C=O) groups excluding carboxylic acids is 2. The van der Waals surface area contributed by atoms with E-state index in [1.54, 1.807) is 0 Å². The summed E-state index contributed by atoms with van der Waals surface area (Å²) in [7, 11) is 0. The monoisotopic (exact) mass is 269 g/mol. The average molecular weight is 269 g/mol. The fourth-order valence-electron chi connectivity index (χ4n) is 3.27. The van der Waals surface area contributed by atoms with Gasteiger partial charge in [-0.3, -0.25) is 14.5 Å². The number of benzene rings is 1. The van der Waals surface area contributed by atoms with Crippen LogP contribution in [0.25, 0.3) is 0 Å². The first kappa shape index (κ1) is 13.1. The van der Waals surface area contributed by atoms with E-state index in [2.05, 4.69) is 6.08 Å². The van der Waals surface area contributed by atoms with E-state index in [1.165, 1.54) is 10.5 Å². The smallest absolute Gasteiger partial charge is 0.238 e. The van der Waals surface area contributed by atoms with Crippen LogP contribution in [0.4, 0.5) is 5.69 Å². The van der Waals surface area contributed by atoms with E-state index in [-0.39, 0.29) is 29.6 Å². The number of fused-ring (bicyclic) bond motifs is 1. The van der Waals surface area contributed by atoms with Crippen molar-refractivity contribution in [3.8, 4) is 0 Å². The topological polar surface area (TPSA) is 37.4 Å². The van der Waals surface area contributed by atoms with Crippen molar-refractivity contribution in [1.82, 2.24) is 0 Å². The number of allylic oxidation sites excluding steroid dienone is 2. The van der Waals surface area contributed by atoms with E-state index < -0.39 is 0 Å². The highest BCUT2D eigenvalue weighted by Gasteiger charge is 2.50. The summed E-state index contributed by atoms with van der Waals surface area (Å²) in [6.45, 7) is 6.04. The van der Waals surface area contributed by atoms with Gasteiger partial charge in [-0.15, -0.1) is 0 Å². The van der Waals surface area contributed by atoms with E-state index in [4.69, 9.17) is 0 Å². The molecular formula is C17H19NO2. The zero-order valence-electron chi connectivity index (χ0n) is 12.1. The van der Waals surface area contributed by atoms with Crippen LogP contribution in [0.2, 0.25) is 0 Å². The molecule has 3 nitrogen and oxygen atoms in total. The van der Waals surface area contributed by atoms with Gasteiger partial charge < -0.3 is 0 Å². The minimum absolute atomic E-state index is 0.0416. The van der Waals surface area contributed by atoms with Crippen molar-refractivity contribution in [3.05, 3.63) is 41.5 Å². The van der Waals surface area contributed by atoms with Crippen LogP contribution in [0.3, 0.4) is 0 Å². The molecule has 2 aliphatic rings. The molecule has 3 rings (SSSR count). The van der Waals surface area contributed by atoms with Gasteiger partial charge in [0.05, 0.1) is 17.5 Å². The van der Waals surface area contributed by atoms with Crippen LogP contribution >= 0.6 is 0 Å². The largest absolute Gasteiger partial charge is 0.274 e. The first-order valence-electron chi connectivity index (χ1n) is 7.12. The first-order chi connectivity index (χ1) is 9.50. The standard InChI is InChI=1S/C17H19NO2/c1-10-7-8-13(9-12(10)3)18-16(19)14-6-4-5-11(2)15(14)17(18)20/h4-5,7-9,11,14-15H,6H2,1-3H3/t11-,14-,15+/m1/s1. The zero-order valence-corrected chi connectivity index (χ0v) is 12.1. The third-order valence-electron chi connectivity index (χ3n) is 4.62. The SMILES string of the molecule is Cc1ccc(N2C(=O)[C@H]3[C@H](C)C=CC[C@H]3C2=O)cc1C. The quantitative estimate of drug-likeness (QED) is 0.580. The molecule has 0 saturated carbocycles. The van der Waals surface area contributed by atoms with E-state index in [1.807, 2.05) is 45.0 Å². The predicted octanol–water partition coefficient (Wildman–Crippen LogP) is 3.01. The highest BCUT2D eigenvalue weighted by atomic mass is 16.2. The normalized spacial score (nSPS) is 28.9. The zero-order chi connectivity index (χ0) is 14.4. The maximum atomic E-state index is 12.6.